The van der Waals surface area contributed by atoms with Crippen LogP contribution in [0, 0.1) is 11.3 Å². The fourth-order valence-electron chi connectivity index (χ4n) is 2.24. The van der Waals surface area contributed by atoms with Gasteiger partial charge in [-0.2, -0.15) is 0 Å². The van der Waals surface area contributed by atoms with Crippen LogP contribution in [-0.4, -0.2) is 5.33 Å². The van der Waals surface area contributed by atoms with E-state index in [9.17, 15) is 0 Å². The lowest BCUT2D eigenvalue weighted by molar-refractivity contribution is 0.374. The van der Waals surface area contributed by atoms with Crippen molar-refractivity contribution >= 4 is 15.9 Å². The van der Waals surface area contributed by atoms with E-state index < -0.39 is 0 Å². The van der Waals surface area contributed by atoms with Gasteiger partial charge in [0.25, 0.3) is 0 Å². The van der Waals surface area contributed by atoms with Crippen LogP contribution >= 0.6 is 15.9 Å². The molecule has 0 aliphatic heterocycles. The quantitative estimate of drug-likeness (QED) is 0.556. The zero-order valence-corrected chi connectivity index (χ0v) is 7.28. The van der Waals surface area contributed by atoms with Crippen molar-refractivity contribution in [3.05, 3.63) is 0 Å². The summed E-state index contributed by atoms with van der Waals surface area (Å²) in [6, 6.07) is 0. The molecule has 0 nitrogen and oxygen atoms in total. The molecule has 0 radical (unpaired) electrons. The van der Waals surface area contributed by atoms with Gasteiger partial charge in [0.15, 0.2) is 0 Å². The normalized spacial score (nSPS) is 48.3. The third kappa shape index (κ3) is 0.849. The van der Waals surface area contributed by atoms with Crippen molar-refractivity contribution in [3.8, 4) is 0 Å². The maximum absolute atomic E-state index is 3.61. The van der Waals surface area contributed by atoms with Gasteiger partial charge in [-0.1, -0.05) is 28.8 Å². The third-order valence-electron chi connectivity index (χ3n) is 3.10. The van der Waals surface area contributed by atoms with E-state index in [1.807, 2.05) is 0 Å². The van der Waals surface area contributed by atoms with Gasteiger partial charge in [-0.25, -0.2) is 0 Å². The summed E-state index contributed by atoms with van der Waals surface area (Å²) >= 11 is 3.61. The molecule has 0 aromatic carbocycles. The summed E-state index contributed by atoms with van der Waals surface area (Å²) in [5.41, 5.74) is 0.804. The summed E-state index contributed by atoms with van der Waals surface area (Å²) in [5.74, 6) is 1.12. The molecule has 0 bridgehead atoms. The molecule has 9 heavy (non-hydrogen) atoms. The topological polar surface area (TPSA) is 0 Å². The first-order valence-corrected chi connectivity index (χ1v) is 5.05. The van der Waals surface area contributed by atoms with Gasteiger partial charge in [-0.05, 0) is 30.6 Å². The highest BCUT2D eigenvalue weighted by Gasteiger charge is 2.53. The number of halogens is 1. The predicted octanol–water partition coefficient (Wildman–Crippen LogP) is 2.96. The Labute approximate surface area is 65.1 Å². The lowest BCUT2D eigenvalue weighted by Gasteiger charge is -2.18. The summed E-state index contributed by atoms with van der Waals surface area (Å²) in [5, 5.41) is 1.27. The van der Waals surface area contributed by atoms with Crippen molar-refractivity contribution in [2.75, 3.05) is 5.33 Å². The van der Waals surface area contributed by atoms with E-state index in [4.69, 9.17) is 0 Å². The number of rotatable bonds is 1. The molecule has 1 heteroatoms. The number of hydrogen-bond donors (Lipinski definition) is 0. The molecule has 2 aliphatic rings. The highest BCUT2D eigenvalue weighted by atomic mass is 79.9. The van der Waals surface area contributed by atoms with Gasteiger partial charge in [0.1, 0.15) is 0 Å². The van der Waals surface area contributed by atoms with Crippen LogP contribution < -0.4 is 0 Å². The van der Waals surface area contributed by atoms with Gasteiger partial charge in [0.2, 0.25) is 0 Å². The second kappa shape index (κ2) is 1.98. The maximum Gasteiger partial charge on any atom is 0.00907 e. The molecule has 0 N–H and O–H groups in total. The molecule has 2 saturated carbocycles. The first-order valence-electron chi connectivity index (χ1n) is 3.93. The average molecular weight is 189 g/mol. The minimum atomic E-state index is 0.804. The molecular formula is C8H13Br. The summed E-state index contributed by atoms with van der Waals surface area (Å²) in [7, 11) is 0. The molecule has 0 aromatic rings. The van der Waals surface area contributed by atoms with E-state index in [1.54, 1.807) is 0 Å². The Hall–Kier alpha value is 0.480. The highest BCUT2D eigenvalue weighted by molar-refractivity contribution is 9.09. The van der Waals surface area contributed by atoms with Crippen molar-refractivity contribution in [3.63, 3.8) is 0 Å². The van der Waals surface area contributed by atoms with E-state index in [0.717, 1.165) is 11.3 Å². The number of hydrogen-bond acceptors (Lipinski definition) is 0. The molecule has 0 amide bonds. The van der Waals surface area contributed by atoms with Crippen LogP contribution in [0.2, 0.25) is 0 Å². The van der Waals surface area contributed by atoms with Crippen molar-refractivity contribution in [1.29, 1.82) is 0 Å². The molecule has 2 rings (SSSR count). The highest BCUT2D eigenvalue weighted by Crippen LogP contribution is 2.61. The Morgan fingerprint density at radius 2 is 2.33 bits per heavy atom. The second-order valence-electron chi connectivity index (χ2n) is 3.64. The zero-order chi connectivity index (χ0) is 6.32. The van der Waals surface area contributed by atoms with Crippen LogP contribution in [0.1, 0.15) is 32.1 Å². The standard InChI is InChI=1S/C8H13Br/c9-6-8-4-2-1-3-7(8)5-8/h7H,1-6H2. The van der Waals surface area contributed by atoms with Crippen LogP contribution in [0.5, 0.6) is 0 Å². The van der Waals surface area contributed by atoms with E-state index in [2.05, 4.69) is 15.9 Å². The van der Waals surface area contributed by atoms with Crippen LogP contribution in [0.3, 0.4) is 0 Å². The fourth-order valence-corrected chi connectivity index (χ4v) is 3.21. The number of fused-ring (bicyclic) bond motifs is 1. The van der Waals surface area contributed by atoms with Crippen LogP contribution in [0.15, 0.2) is 0 Å². The number of alkyl halides is 1. The van der Waals surface area contributed by atoms with Gasteiger partial charge in [-0.15, -0.1) is 0 Å². The minimum absolute atomic E-state index is 0.804. The molecule has 0 spiro atoms. The van der Waals surface area contributed by atoms with Gasteiger partial charge < -0.3 is 0 Å². The molecule has 2 unspecified atom stereocenters. The van der Waals surface area contributed by atoms with Gasteiger partial charge >= 0.3 is 0 Å². The summed E-state index contributed by atoms with van der Waals surface area (Å²) in [4.78, 5) is 0. The largest absolute Gasteiger partial charge is 0.0922 e. The van der Waals surface area contributed by atoms with Crippen molar-refractivity contribution in [2.45, 2.75) is 32.1 Å². The molecule has 2 aliphatic carbocycles. The molecule has 52 valence electrons. The SMILES string of the molecule is BrCC12CCCCC1C2. The molecule has 0 aromatic heterocycles. The Kier molecular flexibility index (Phi) is 1.37. The lowest BCUT2D eigenvalue weighted by Crippen LogP contribution is -2.09. The predicted molar refractivity (Wildman–Crippen MR) is 42.8 cm³/mol. The van der Waals surface area contributed by atoms with Crippen LogP contribution in [-0.2, 0) is 0 Å². The van der Waals surface area contributed by atoms with Gasteiger partial charge in [0, 0.05) is 5.33 Å². The maximum atomic E-state index is 3.61. The van der Waals surface area contributed by atoms with Crippen LogP contribution in [0.25, 0.3) is 0 Å². The first kappa shape index (κ1) is 6.21. The Morgan fingerprint density at radius 1 is 1.44 bits per heavy atom. The Morgan fingerprint density at radius 3 is 2.89 bits per heavy atom. The fraction of sp³-hybridized carbons (Fsp3) is 1.00. The summed E-state index contributed by atoms with van der Waals surface area (Å²) in [6.45, 7) is 0. The van der Waals surface area contributed by atoms with Crippen LogP contribution in [0.4, 0.5) is 0 Å². The van der Waals surface area contributed by atoms with E-state index >= 15 is 0 Å². The average Bonchev–Trinajstić information content (AvgIpc) is 2.62. The monoisotopic (exact) mass is 188 g/mol. The first-order chi connectivity index (χ1) is 4.37. The third-order valence-corrected chi connectivity index (χ3v) is 4.22. The molecule has 0 saturated heterocycles. The Balaban J connectivity index is 2.01. The van der Waals surface area contributed by atoms with Crippen molar-refractivity contribution in [1.82, 2.24) is 0 Å². The summed E-state index contributed by atoms with van der Waals surface area (Å²) < 4.78 is 0. The van der Waals surface area contributed by atoms with E-state index in [1.165, 1.54) is 37.4 Å². The van der Waals surface area contributed by atoms with Crippen molar-refractivity contribution in [2.24, 2.45) is 11.3 Å². The van der Waals surface area contributed by atoms with Gasteiger partial charge in [-0.3, -0.25) is 0 Å². The second-order valence-corrected chi connectivity index (χ2v) is 4.20. The smallest absolute Gasteiger partial charge is 0.00907 e. The van der Waals surface area contributed by atoms with E-state index in [0.29, 0.717) is 0 Å². The molecule has 0 heterocycles. The summed E-state index contributed by atoms with van der Waals surface area (Å²) in [6.07, 6.45) is 7.54. The molecule has 2 fully saturated rings. The van der Waals surface area contributed by atoms with Gasteiger partial charge in [0.05, 0.1) is 0 Å². The zero-order valence-electron chi connectivity index (χ0n) is 5.70. The van der Waals surface area contributed by atoms with E-state index in [-0.39, 0.29) is 0 Å². The molecular weight excluding hydrogens is 176 g/mol. The Bertz CT molecular complexity index is 122. The lowest BCUT2D eigenvalue weighted by atomic mass is 9.90. The minimum Gasteiger partial charge on any atom is -0.0922 e. The molecule has 2 atom stereocenters. The van der Waals surface area contributed by atoms with Crippen molar-refractivity contribution < 1.29 is 0 Å².